The van der Waals surface area contributed by atoms with Crippen LogP contribution in [0.4, 0.5) is 0 Å². The number of methoxy groups -OCH3 is 2. The zero-order chi connectivity index (χ0) is 15.2. The lowest BCUT2D eigenvalue weighted by Crippen LogP contribution is -2.34. The molecular weight excluding hydrogens is 288 g/mol. The van der Waals surface area contributed by atoms with Crippen molar-refractivity contribution in [3.63, 3.8) is 0 Å². The molecule has 0 atom stereocenters. The highest BCUT2D eigenvalue weighted by Crippen LogP contribution is 2.35. The maximum absolute atomic E-state index is 6.22. The first-order chi connectivity index (χ1) is 10.1. The summed E-state index contributed by atoms with van der Waals surface area (Å²) in [4.78, 5) is 2.39. The van der Waals surface area contributed by atoms with E-state index in [1.54, 1.807) is 14.2 Å². The average molecular weight is 313 g/mol. The van der Waals surface area contributed by atoms with E-state index in [0.717, 1.165) is 24.6 Å². The zero-order valence-electron chi connectivity index (χ0n) is 13.1. The number of piperidine rings is 1. The Kier molecular flexibility index (Phi) is 6.15. The standard InChI is InChI=1S/C16H25ClN2O2/c1-19-6-4-12(5-7-19)10-18-11-13-8-14(17)16(21-3)15(9-13)20-2/h8-9,12,18H,4-7,10-11H2,1-3H3. The van der Waals surface area contributed by atoms with Crippen LogP contribution in [0.15, 0.2) is 12.1 Å². The molecule has 0 aliphatic carbocycles. The molecule has 1 saturated heterocycles. The molecule has 0 radical (unpaired) electrons. The molecule has 0 amide bonds. The van der Waals surface area contributed by atoms with Gasteiger partial charge in [-0.3, -0.25) is 0 Å². The minimum atomic E-state index is 0.591. The van der Waals surface area contributed by atoms with E-state index in [9.17, 15) is 0 Å². The molecule has 118 valence electrons. The van der Waals surface area contributed by atoms with Crippen LogP contribution >= 0.6 is 11.6 Å². The second-order valence-corrected chi connectivity index (χ2v) is 6.10. The number of ether oxygens (including phenoxy) is 2. The Balaban J connectivity index is 1.87. The Labute approximate surface area is 132 Å². The summed E-state index contributed by atoms with van der Waals surface area (Å²) >= 11 is 6.22. The van der Waals surface area contributed by atoms with Crippen molar-refractivity contribution in [1.82, 2.24) is 10.2 Å². The molecule has 1 heterocycles. The monoisotopic (exact) mass is 312 g/mol. The maximum Gasteiger partial charge on any atom is 0.179 e. The fourth-order valence-electron chi connectivity index (χ4n) is 2.76. The van der Waals surface area contributed by atoms with Gasteiger partial charge in [0.25, 0.3) is 0 Å². The van der Waals surface area contributed by atoms with Gasteiger partial charge in [-0.1, -0.05) is 11.6 Å². The van der Waals surface area contributed by atoms with Crippen LogP contribution in [0.1, 0.15) is 18.4 Å². The number of nitrogens with one attached hydrogen (secondary N) is 1. The van der Waals surface area contributed by atoms with Gasteiger partial charge >= 0.3 is 0 Å². The Morgan fingerprint density at radius 2 is 1.95 bits per heavy atom. The zero-order valence-corrected chi connectivity index (χ0v) is 13.9. The van der Waals surface area contributed by atoms with Crippen LogP contribution in [0, 0.1) is 5.92 Å². The highest BCUT2D eigenvalue weighted by molar-refractivity contribution is 6.32. The molecule has 2 rings (SSSR count). The van der Waals surface area contributed by atoms with Crippen LogP contribution in [0.3, 0.4) is 0 Å². The molecule has 5 heteroatoms. The Hall–Kier alpha value is -0.970. The molecule has 0 bridgehead atoms. The number of likely N-dealkylation sites (tertiary alicyclic amines) is 1. The van der Waals surface area contributed by atoms with Crippen molar-refractivity contribution in [2.24, 2.45) is 5.92 Å². The molecule has 0 spiro atoms. The highest BCUT2D eigenvalue weighted by atomic mass is 35.5. The fourth-order valence-corrected chi connectivity index (χ4v) is 3.07. The third-order valence-corrected chi connectivity index (χ3v) is 4.37. The van der Waals surface area contributed by atoms with Gasteiger partial charge in [-0.15, -0.1) is 0 Å². The second-order valence-electron chi connectivity index (χ2n) is 5.69. The molecule has 1 aromatic carbocycles. The van der Waals surface area contributed by atoms with Crippen LogP contribution < -0.4 is 14.8 Å². The number of rotatable bonds is 6. The van der Waals surface area contributed by atoms with Crippen LogP contribution in [0.5, 0.6) is 11.5 Å². The van der Waals surface area contributed by atoms with E-state index < -0.39 is 0 Å². The SMILES string of the molecule is COc1cc(CNCC2CCN(C)CC2)cc(Cl)c1OC. The van der Waals surface area contributed by atoms with E-state index in [-0.39, 0.29) is 0 Å². The summed E-state index contributed by atoms with van der Waals surface area (Å²) in [7, 11) is 5.42. The number of hydrogen-bond donors (Lipinski definition) is 1. The summed E-state index contributed by atoms with van der Waals surface area (Å²) in [5, 5.41) is 4.12. The van der Waals surface area contributed by atoms with Gasteiger partial charge in [0, 0.05) is 6.54 Å². The van der Waals surface area contributed by atoms with E-state index in [4.69, 9.17) is 21.1 Å². The minimum Gasteiger partial charge on any atom is -0.493 e. The molecule has 1 aliphatic heterocycles. The van der Waals surface area contributed by atoms with Gasteiger partial charge in [0.2, 0.25) is 0 Å². The van der Waals surface area contributed by atoms with Crippen LogP contribution in [-0.4, -0.2) is 45.8 Å². The molecule has 4 nitrogen and oxygen atoms in total. The summed E-state index contributed by atoms with van der Waals surface area (Å²) in [6, 6.07) is 3.91. The van der Waals surface area contributed by atoms with Gasteiger partial charge in [-0.2, -0.15) is 0 Å². The number of halogens is 1. The van der Waals surface area contributed by atoms with Crippen molar-refractivity contribution in [2.45, 2.75) is 19.4 Å². The molecule has 1 N–H and O–H groups in total. The molecule has 1 fully saturated rings. The van der Waals surface area contributed by atoms with Crippen molar-refractivity contribution in [3.8, 4) is 11.5 Å². The van der Waals surface area contributed by atoms with Crippen LogP contribution in [0.25, 0.3) is 0 Å². The number of nitrogens with zero attached hydrogens (tertiary/aromatic N) is 1. The predicted octanol–water partition coefficient (Wildman–Crippen LogP) is 2.79. The first-order valence-electron chi connectivity index (χ1n) is 7.43. The summed E-state index contributed by atoms with van der Waals surface area (Å²) in [6.45, 7) is 4.26. The van der Waals surface area contributed by atoms with Crippen molar-refractivity contribution in [3.05, 3.63) is 22.7 Å². The third-order valence-electron chi connectivity index (χ3n) is 4.09. The molecule has 1 aliphatic rings. The van der Waals surface area contributed by atoms with Gasteiger partial charge in [-0.05, 0) is 63.1 Å². The predicted molar refractivity (Wildman–Crippen MR) is 86.5 cm³/mol. The topological polar surface area (TPSA) is 33.7 Å². The van der Waals surface area contributed by atoms with E-state index >= 15 is 0 Å². The fraction of sp³-hybridized carbons (Fsp3) is 0.625. The third kappa shape index (κ3) is 4.50. The largest absolute Gasteiger partial charge is 0.493 e. The minimum absolute atomic E-state index is 0.591. The molecular formula is C16H25ClN2O2. The van der Waals surface area contributed by atoms with E-state index in [1.165, 1.54) is 25.9 Å². The Morgan fingerprint density at radius 1 is 1.24 bits per heavy atom. The quantitative estimate of drug-likeness (QED) is 0.876. The average Bonchev–Trinajstić information content (AvgIpc) is 2.48. The molecule has 1 aromatic rings. The normalized spacial score (nSPS) is 17.0. The van der Waals surface area contributed by atoms with E-state index in [2.05, 4.69) is 17.3 Å². The van der Waals surface area contributed by atoms with Crippen molar-refractivity contribution >= 4 is 11.6 Å². The summed E-state index contributed by atoms with van der Waals surface area (Å²) in [5.74, 6) is 2.05. The highest BCUT2D eigenvalue weighted by Gasteiger charge is 2.16. The van der Waals surface area contributed by atoms with Gasteiger partial charge in [0.15, 0.2) is 11.5 Å². The first-order valence-corrected chi connectivity index (χ1v) is 7.81. The van der Waals surface area contributed by atoms with Crippen LogP contribution in [-0.2, 0) is 6.54 Å². The van der Waals surface area contributed by atoms with E-state index in [0.29, 0.717) is 16.5 Å². The maximum atomic E-state index is 6.22. The smallest absolute Gasteiger partial charge is 0.179 e. The molecule has 0 unspecified atom stereocenters. The van der Waals surface area contributed by atoms with Crippen LogP contribution in [0.2, 0.25) is 5.02 Å². The van der Waals surface area contributed by atoms with Crippen molar-refractivity contribution in [1.29, 1.82) is 0 Å². The van der Waals surface area contributed by atoms with Gasteiger partial charge in [0.1, 0.15) is 0 Å². The lowest BCUT2D eigenvalue weighted by Gasteiger charge is -2.29. The molecule has 21 heavy (non-hydrogen) atoms. The lowest BCUT2D eigenvalue weighted by molar-refractivity contribution is 0.216. The summed E-state index contributed by atoms with van der Waals surface area (Å²) in [6.07, 6.45) is 2.55. The lowest BCUT2D eigenvalue weighted by atomic mass is 9.97. The number of hydrogen-bond acceptors (Lipinski definition) is 4. The van der Waals surface area contributed by atoms with Gasteiger partial charge in [0.05, 0.1) is 19.2 Å². The van der Waals surface area contributed by atoms with Crippen molar-refractivity contribution < 1.29 is 9.47 Å². The van der Waals surface area contributed by atoms with Gasteiger partial charge < -0.3 is 19.7 Å². The van der Waals surface area contributed by atoms with E-state index in [1.807, 2.05) is 12.1 Å². The number of benzene rings is 1. The van der Waals surface area contributed by atoms with Crippen molar-refractivity contribution in [2.75, 3.05) is 40.9 Å². The Morgan fingerprint density at radius 3 is 2.57 bits per heavy atom. The molecule has 0 aromatic heterocycles. The molecule has 0 saturated carbocycles. The second kappa shape index (κ2) is 7.87. The first kappa shape index (κ1) is 16.4. The Bertz CT molecular complexity index is 460. The summed E-state index contributed by atoms with van der Waals surface area (Å²) in [5.41, 5.74) is 1.12. The summed E-state index contributed by atoms with van der Waals surface area (Å²) < 4.78 is 10.6. The van der Waals surface area contributed by atoms with Gasteiger partial charge in [-0.25, -0.2) is 0 Å².